The van der Waals surface area contributed by atoms with E-state index < -0.39 is 5.41 Å². The fraction of sp³-hybridized carbons (Fsp3) is 0.0606. The van der Waals surface area contributed by atoms with E-state index in [2.05, 4.69) is 257 Å². The van der Waals surface area contributed by atoms with Gasteiger partial charge in [-0.2, -0.15) is 0 Å². The first-order valence-electron chi connectivity index (χ1n) is 23.7. The zero-order valence-electron chi connectivity index (χ0n) is 38.0. The third-order valence-corrected chi connectivity index (χ3v) is 14.8. The summed E-state index contributed by atoms with van der Waals surface area (Å²) >= 11 is 0. The van der Waals surface area contributed by atoms with Crippen LogP contribution in [-0.4, -0.2) is 9.97 Å². The Balaban J connectivity index is 1.03. The second-order valence-electron chi connectivity index (χ2n) is 18.8. The van der Waals surface area contributed by atoms with Gasteiger partial charge in [-0.05, 0) is 107 Å². The van der Waals surface area contributed by atoms with Gasteiger partial charge in [0.15, 0.2) is 5.82 Å². The van der Waals surface area contributed by atoms with E-state index in [9.17, 15) is 0 Å². The third-order valence-electron chi connectivity index (χ3n) is 14.8. The van der Waals surface area contributed by atoms with Gasteiger partial charge in [-0.1, -0.05) is 238 Å². The third kappa shape index (κ3) is 5.97. The molecule has 2 nitrogen and oxygen atoms in total. The van der Waals surface area contributed by atoms with E-state index in [1.807, 2.05) is 0 Å². The molecule has 0 spiro atoms. The predicted molar refractivity (Wildman–Crippen MR) is 282 cm³/mol. The summed E-state index contributed by atoms with van der Waals surface area (Å²) in [6.45, 7) is 4.73. The molecule has 2 aliphatic rings. The summed E-state index contributed by atoms with van der Waals surface area (Å²) in [4.78, 5) is 10.9. The number of hydrogen-bond acceptors (Lipinski definition) is 2. The standard InChI is InChI=1S/C66H46N2/c1-65(2)57-38-20-35-53(63(57)55-40-44-24-12-13-25-45(44)41-59(55)65)49-31-15-17-33-51(49)61-42-60(67-64(68-61)43-22-6-3-7-23-43)50-32-16-14-30-48(50)52-36-21-39-58-62(52)54-34-18-19-37-56(54)66(58,46-26-8-4-9-27-46)47-28-10-5-11-29-47/h3-42H,1-2H3. The van der Waals surface area contributed by atoms with Crippen molar-refractivity contribution in [1.82, 2.24) is 9.97 Å². The van der Waals surface area contributed by atoms with E-state index in [0.29, 0.717) is 5.82 Å². The number of aromatic nitrogens is 2. The first-order valence-corrected chi connectivity index (χ1v) is 23.7. The molecule has 1 heterocycles. The molecule has 0 fully saturated rings. The van der Waals surface area contributed by atoms with Crippen molar-refractivity contribution in [2.45, 2.75) is 24.7 Å². The van der Waals surface area contributed by atoms with Gasteiger partial charge in [0.05, 0.1) is 16.8 Å². The molecule has 320 valence electrons. The summed E-state index contributed by atoms with van der Waals surface area (Å²) in [5, 5.41) is 2.52. The Labute approximate surface area is 398 Å². The van der Waals surface area contributed by atoms with Crippen molar-refractivity contribution in [2.75, 3.05) is 0 Å². The Morgan fingerprint density at radius 1 is 0.294 bits per heavy atom. The van der Waals surface area contributed by atoms with E-state index in [4.69, 9.17) is 9.97 Å². The van der Waals surface area contributed by atoms with E-state index in [-0.39, 0.29) is 5.41 Å². The summed E-state index contributed by atoms with van der Waals surface area (Å²) < 4.78 is 0. The van der Waals surface area contributed by atoms with Crippen molar-refractivity contribution >= 4 is 10.8 Å². The molecule has 10 aromatic carbocycles. The summed E-state index contributed by atoms with van der Waals surface area (Å²) in [6.07, 6.45) is 0. The van der Waals surface area contributed by atoms with Crippen LogP contribution in [0.4, 0.5) is 0 Å². The molecule has 0 unspecified atom stereocenters. The van der Waals surface area contributed by atoms with E-state index in [0.717, 1.165) is 39.2 Å². The smallest absolute Gasteiger partial charge is 0.160 e. The molecule has 2 aliphatic carbocycles. The van der Waals surface area contributed by atoms with Crippen molar-refractivity contribution in [3.8, 4) is 78.4 Å². The highest BCUT2D eigenvalue weighted by Crippen LogP contribution is 2.59. The largest absolute Gasteiger partial charge is 0.228 e. The maximum atomic E-state index is 5.47. The second kappa shape index (κ2) is 15.6. The first-order chi connectivity index (χ1) is 33.5. The quantitative estimate of drug-likeness (QED) is 0.159. The van der Waals surface area contributed by atoms with Gasteiger partial charge in [-0.15, -0.1) is 0 Å². The summed E-state index contributed by atoms with van der Waals surface area (Å²) in [5.74, 6) is 0.690. The lowest BCUT2D eigenvalue weighted by Crippen LogP contribution is -2.28. The van der Waals surface area contributed by atoms with Crippen molar-refractivity contribution < 1.29 is 0 Å². The number of hydrogen-bond donors (Lipinski definition) is 0. The monoisotopic (exact) mass is 866 g/mol. The molecule has 1 aromatic heterocycles. The molecular formula is C66H46N2. The van der Waals surface area contributed by atoms with E-state index in [1.54, 1.807) is 0 Å². The topological polar surface area (TPSA) is 25.8 Å². The predicted octanol–water partition coefficient (Wildman–Crippen LogP) is 16.6. The summed E-state index contributed by atoms with van der Waals surface area (Å²) in [5.41, 5.74) is 21.7. The Hall–Kier alpha value is -8.46. The maximum Gasteiger partial charge on any atom is 0.160 e. The van der Waals surface area contributed by atoms with Crippen molar-refractivity contribution in [1.29, 1.82) is 0 Å². The SMILES string of the molecule is CC1(C)c2cc3ccccc3cc2-c2c(-c3ccccc3-c3cc(-c4ccccc4-c4cccc5c4-c4ccccc4C5(c4ccccc4)c4ccccc4)nc(-c4ccccc4)n3)cccc21. The molecule has 13 rings (SSSR count). The molecular weight excluding hydrogens is 821 g/mol. The van der Waals surface area contributed by atoms with E-state index >= 15 is 0 Å². The lowest BCUT2D eigenvalue weighted by molar-refractivity contribution is 0.661. The summed E-state index contributed by atoms with van der Waals surface area (Å²) in [6, 6.07) is 88.6. The molecule has 0 N–H and O–H groups in total. The minimum absolute atomic E-state index is 0.161. The van der Waals surface area contributed by atoms with Crippen molar-refractivity contribution in [2.24, 2.45) is 0 Å². The Morgan fingerprint density at radius 3 is 1.31 bits per heavy atom. The second-order valence-corrected chi connectivity index (χ2v) is 18.8. The molecule has 0 atom stereocenters. The minimum atomic E-state index is -0.508. The average Bonchev–Trinajstić information content (AvgIpc) is 3.84. The number of fused-ring (bicyclic) bond motifs is 7. The summed E-state index contributed by atoms with van der Waals surface area (Å²) in [7, 11) is 0. The van der Waals surface area contributed by atoms with Gasteiger partial charge in [0, 0.05) is 22.1 Å². The number of nitrogens with zero attached hydrogens (tertiary/aromatic N) is 2. The highest BCUT2D eigenvalue weighted by Gasteiger charge is 2.47. The highest BCUT2D eigenvalue weighted by atomic mass is 14.9. The minimum Gasteiger partial charge on any atom is -0.228 e. The van der Waals surface area contributed by atoms with Crippen LogP contribution >= 0.6 is 0 Å². The molecule has 0 radical (unpaired) electrons. The Bertz CT molecular complexity index is 3720. The fourth-order valence-corrected chi connectivity index (χ4v) is 11.7. The lowest BCUT2D eigenvalue weighted by atomic mass is 9.67. The lowest BCUT2D eigenvalue weighted by Gasteiger charge is -2.34. The number of benzene rings is 10. The van der Waals surface area contributed by atoms with E-state index in [1.165, 1.54) is 77.5 Å². The first kappa shape index (κ1) is 39.9. The van der Waals surface area contributed by atoms with Gasteiger partial charge in [0.2, 0.25) is 0 Å². The van der Waals surface area contributed by atoms with Crippen LogP contribution in [0.3, 0.4) is 0 Å². The van der Waals surface area contributed by atoms with Crippen LogP contribution in [0.1, 0.15) is 47.2 Å². The molecule has 2 heteroatoms. The molecule has 68 heavy (non-hydrogen) atoms. The Morgan fingerprint density at radius 2 is 0.721 bits per heavy atom. The Kier molecular flexibility index (Phi) is 9.13. The molecule has 0 amide bonds. The molecule has 0 saturated heterocycles. The molecule has 0 bridgehead atoms. The molecule has 0 aliphatic heterocycles. The van der Waals surface area contributed by atoms with Crippen LogP contribution in [0.25, 0.3) is 89.2 Å². The zero-order chi connectivity index (χ0) is 45.4. The van der Waals surface area contributed by atoms with Crippen LogP contribution < -0.4 is 0 Å². The van der Waals surface area contributed by atoms with Gasteiger partial charge >= 0.3 is 0 Å². The maximum absolute atomic E-state index is 5.47. The van der Waals surface area contributed by atoms with Crippen molar-refractivity contribution in [3.05, 3.63) is 276 Å². The van der Waals surface area contributed by atoms with Crippen molar-refractivity contribution in [3.63, 3.8) is 0 Å². The number of rotatable bonds is 7. The van der Waals surface area contributed by atoms with Crippen LogP contribution in [0.15, 0.2) is 243 Å². The van der Waals surface area contributed by atoms with Crippen LogP contribution in [0, 0.1) is 0 Å². The normalized spacial score (nSPS) is 13.7. The van der Waals surface area contributed by atoms with Gasteiger partial charge in [0.1, 0.15) is 0 Å². The van der Waals surface area contributed by atoms with Crippen LogP contribution in [0.5, 0.6) is 0 Å². The molecule has 11 aromatic rings. The van der Waals surface area contributed by atoms with Gasteiger partial charge < -0.3 is 0 Å². The van der Waals surface area contributed by atoms with Crippen LogP contribution in [-0.2, 0) is 10.8 Å². The fourth-order valence-electron chi connectivity index (χ4n) is 11.7. The van der Waals surface area contributed by atoms with Gasteiger partial charge in [0.25, 0.3) is 0 Å². The average molecular weight is 867 g/mol. The van der Waals surface area contributed by atoms with Gasteiger partial charge in [-0.3, -0.25) is 0 Å². The highest BCUT2D eigenvalue weighted by molar-refractivity contribution is 6.02. The zero-order valence-corrected chi connectivity index (χ0v) is 38.0. The molecule has 0 saturated carbocycles. The van der Waals surface area contributed by atoms with Crippen LogP contribution in [0.2, 0.25) is 0 Å². The van der Waals surface area contributed by atoms with Gasteiger partial charge in [-0.25, -0.2) is 9.97 Å².